The van der Waals surface area contributed by atoms with E-state index < -0.39 is 15.8 Å². The number of anilines is 3. The number of nitrogens with zero attached hydrogens (tertiary/aromatic N) is 5. The number of nitrogens with two attached hydrogens (primary N) is 1. The van der Waals surface area contributed by atoms with Gasteiger partial charge in [-0.2, -0.15) is 10.1 Å². The van der Waals surface area contributed by atoms with Gasteiger partial charge in [0.25, 0.3) is 0 Å². The van der Waals surface area contributed by atoms with Crippen LogP contribution in [0.4, 0.5) is 21.8 Å². The molecule has 28 heavy (non-hydrogen) atoms. The van der Waals surface area contributed by atoms with Crippen LogP contribution in [0.25, 0.3) is 0 Å². The Morgan fingerprint density at radius 2 is 2.00 bits per heavy atom. The maximum Gasteiger partial charge on any atom is 0.238 e. The molecule has 4 rings (SSSR count). The average Bonchev–Trinajstić information content (AvgIpc) is 3.09. The van der Waals surface area contributed by atoms with E-state index in [2.05, 4.69) is 20.4 Å². The molecule has 146 valence electrons. The van der Waals surface area contributed by atoms with Crippen molar-refractivity contribution in [2.45, 2.75) is 31.0 Å². The summed E-state index contributed by atoms with van der Waals surface area (Å²) in [6.45, 7) is 3.09. The molecule has 0 fully saturated rings. The van der Waals surface area contributed by atoms with Gasteiger partial charge in [0.2, 0.25) is 16.0 Å². The summed E-state index contributed by atoms with van der Waals surface area (Å²) in [5, 5.41) is 12.3. The molecule has 0 unspecified atom stereocenters. The number of benzene rings is 1. The van der Waals surface area contributed by atoms with E-state index in [0.717, 1.165) is 11.9 Å². The van der Waals surface area contributed by atoms with Crippen molar-refractivity contribution in [3.05, 3.63) is 54.2 Å². The van der Waals surface area contributed by atoms with Crippen LogP contribution in [-0.2, 0) is 23.1 Å². The SMILES string of the molecule is C[C@H]1Cn2nccc2CN1c1nc(Nc2ccc(S(N)(=O)=O)cc2)ncc1F. The van der Waals surface area contributed by atoms with Crippen LogP contribution in [0.15, 0.2) is 47.6 Å². The number of primary sulfonamides is 1. The number of fused-ring (bicyclic) bond motifs is 1. The van der Waals surface area contributed by atoms with Crippen LogP contribution in [0.2, 0.25) is 0 Å². The molecule has 3 aromatic rings. The van der Waals surface area contributed by atoms with E-state index in [0.29, 0.717) is 18.8 Å². The van der Waals surface area contributed by atoms with Crippen LogP contribution < -0.4 is 15.4 Å². The van der Waals surface area contributed by atoms with E-state index in [1.54, 1.807) is 6.20 Å². The van der Waals surface area contributed by atoms with Crippen LogP contribution in [0, 0.1) is 5.82 Å². The summed E-state index contributed by atoms with van der Waals surface area (Å²) in [6.07, 6.45) is 2.84. The summed E-state index contributed by atoms with van der Waals surface area (Å²) < 4.78 is 39.0. The van der Waals surface area contributed by atoms with Crippen LogP contribution in [0.5, 0.6) is 0 Å². The monoisotopic (exact) mass is 403 g/mol. The van der Waals surface area contributed by atoms with Gasteiger partial charge in [0.15, 0.2) is 11.6 Å². The van der Waals surface area contributed by atoms with Crippen LogP contribution in [-0.4, -0.2) is 34.2 Å². The Labute approximate surface area is 161 Å². The van der Waals surface area contributed by atoms with Gasteiger partial charge < -0.3 is 10.2 Å². The van der Waals surface area contributed by atoms with Gasteiger partial charge in [-0.3, -0.25) is 4.68 Å². The summed E-state index contributed by atoms with van der Waals surface area (Å²) >= 11 is 0. The molecule has 0 aliphatic carbocycles. The molecule has 0 radical (unpaired) electrons. The van der Waals surface area contributed by atoms with Gasteiger partial charge >= 0.3 is 0 Å². The smallest absolute Gasteiger partial charge is 0.238 e. The summed E-state index contributed by atoms with van der Waals surface area (Å²) in [7, 11) is -3.77. The van der Waals surface area contributed by atoms with Crippen LogP contribution in [0.3, 0.4) is 0 Å². The molecule has 2 aromatic heterocycles. The summed E-state index contributed by atoms with van der Waals surface area (Å²) in [4.78, 5) is 10.2. The fourth-order valence-corrected chi connectivity index (χ4v) is 3.61. The van der Waals surface area contributed by atoms with Crippen molar-refractivity contribution in [3.63, 3.8) is 0 Å². The van der Waals surface area contributed by atoms with Gasteiger partial charge in [-0.1, -0.05) is 0 Å². The Morgan fingerprint density at radius 3 is 2.71 bits per heavy atom. The molecular formula is C17H18FN7O2S. The van der Waals surface area contributed by atoms with Crippen LogP contribution >= 0.6 is 0 Å². The average molecular weight is 403 g/mol. The fourth-order valence-electron chi connectivity index (χ4n) is 3.10. The number of hydrogen-bond donors (Lipinski definition) is 2. The van der Waals surface area contributed by atoms with Crippen molar-refractivity contribution in [1.29, 1.82) is 0 Å². The highest BCUT2D eigenvalue weighted by Crippen LogP contribution is 2.26. The molecule has 1 aromatic carbocycles. The van der Waals surface area contributed by atoms with E-state index in [-0.39, 0.29) is 22.7 Å². The lowest BCUT2D eigenvalue weighted by Gasteiger charge is -2.35. The zero-order chi connectivity index (χ0) is 19.9. The molecule has 0 bridgehead atoms. The predicted octanol–water partition coefficient (Wildman–Crippen LogP) is 1.61. The van der Waals surface area contributed by atoms with E-state index in [1.165, 1.54) is 24.3 Å². The Bertz CT molecular complexity index is 1110. The molecule has 11 heteroatoms. The second-order valence-corrected chi connectivity index (χ2v) is 8.10. The van der Waals surface area contributed by atoms with Gasteiger partial charge in [-0.05, 0) is 37.3 Å². The summed E-state index contributed by atoms with van der Waals surface area (Å²) in [6, 6.07) is 7.71. The zero-order valence-corrected chi connectivity index (χ0v) is 15.8. The molecule has 3 N–H and O–H groups in total. The van der Waals surface area contributed by atoms with Gasteiger partial charge in [-0.15, -0.1) is 0 Å². The Morgan fingerprint density at radius 1 is 1.25 bits per heavy atom. The lowest BCUT2D eigenvalue weighted by Crippen LogP contribution is -2.42. The standard InChI is InChI=1S/C17H18FN7O2S/c1-11-9-25-13(6-7-21-25)10-24(11)16-15(18)8-20-17(23-16)22-12-2-4-14(5-3-12)28(19,26)27/h2-8,11H,9-10H2,1H3,(H2,19,26,27)(H,20,22,23)/t11-/m0/s1. The molecule has 0 saturated carbocycles. The minimum absolute atomic E-state index is 0.00121. The molecule has 0 spiro atoms. The highest BCUT2D eigenvalue weighted by Gasteiger charge is 2.27. The van der Waals surface area contributed by atoms with Crippen molar-refractivity contribution in [3.8, 4) is 0 Å². The molecule has 1 aliphatic heterocycles. The van der Waals surface area contributed by atoms with Gasteiger partial charge in [0, 0.05) is 17.9 Å². The first-order valence-corrected chi connectivity index (χ1v) is 10.1. The highest BCUT2D eigenvalue weighted by molar-refractivity contribution is 7.89. The molecule has 3 heterocycles. The molecule has 9 nitrogen and oxygen atoms in total. The number of sulfonamides is 1. The maximum absolute atomic E-state index is 14.5. The number of halogens is 1. The van der Waals surface area contributed by atoms with Gasteiger partial charge in [0.05, 0.1) is 29.9 Å². The summed E-state index contributed by atoms with van der Waals surface area (Å²) in [5.41, 5.74) is 1.53. The van der Waals surface area contributed by atoms with Crippen molar-refractivity contribution in [1.82, 2.24) is 19.7 Å². The number of hydrogen-bond acceptors (Lipinski definition) is 7. The minimum atomic E-state index is -3.77. The van der Waals surface area contributed by atoms with E-state index >= 15 is 0 Å². The van der Waals surface area contributed by atoms with Crippen LogP contribution in [0.1, 0.15) is 12.6 Å². The second-order valence-electron chi connectivity index (χ2n) is 6.54. The van der Waals surface area contributed by atoms with E-state index in [9.17, 15) is 12.8 Å². The molecule has 0 saturated heterocycles. The molecular weight excluding hydrogens is 385 g/mol. The number of rotatable bonds is 4. The van der Waals surface area contributed by atoms with E-state index in [4.69, 9.17) is 5.14 Å². The van der Waals surface area contributed by atoms with Crippen molar-refractivity contribution in [2.75, 3.05) is 10.2 Å². The highest BCUT2D eigenvalue weighted by atomic mass is 32.2. The molecule has 1 atom stereocenters. The number of nitrogens with one attached hydrogen (secondary N) is 1. The van der Waals surface area contributed by atoms with Crippen molar-refractivity contribution in [2.24, 2.45) is 5.14 Å². The normalized spacial score (nSPS) is 16.7. The Kier molecular flexibility index (Phi) is 4.47. The zero-order valence-electron chi connectivity index (χ0n) is 14.9. The van der Waals surface area contributed by atoms with Gasteiger partial charge in [0.1, 0.15) is 0 Å². The van der Waals surface area contributed by atoms with E-state index in [1.807, 2.05) is 22.6 Å². The van der Waals surface area contributed by atoms with Gasteiger partial charge in [-0.25, -0.2) is 22.9 Å². The first-order chi connectivity index (χ1) is 13.3. The largest absolute Gasteiger partial charge is 0.344 e. The topological polar surface area (TPSA) is 119 Å². The third-order valence-electron chi connectivity index (χ3n) is 4.54. The fraction of sp³-hybridized carbons (Fsp3) is 0.235. The molecule has 1 aliphatic rings. The third kappa shape index (κ3) is 3.53. The maximum atomic E-state index is 14.5. The second kappa shape index (κ2) is 6.84. The third-order valence-corrected chi connectivity index (χ3v) is 5.47. The van der Waals surface area contributed by atoms with Crippen molar-refractivity contribution >= 4 is 27.5 Å². The lowest BCUT2D eigenvalue weighted by atomic mass is 10.2. The Balaban J connectivity index is 1.59. The lowest BCUT2D eigenvalue weighted by molar-refractivity contribution is 0.430. The molecule has 0 amide bonds. The summed E-state index contributed by atoms with van der Waals surface area (Å²) in [5.74, 6) is -0.125. The first kappa shape index (κ1) is 18.3. The quantitative estimate of drug-likeness (QED) is 0.679. The predicted molar refractivity (Wildman–Crippen MR) is 101 cm³/mol. The van der Waals surface area contributed by atoms with Crippen molar-refractivity contribution < 1.29 is 12.8 Å². The Hall–Kier alpha value is -3.05. The first-order valence-electron chi connectivity index (χ1n) is 8.51. The number of aromatic nitrogens is 4. The minimum Gasteiger partial charge on any atom is -0.344 e.